The lowest BCUT2D eigenvalue weighted by Crippen LogP contribution is -2.16. The van der Waals surface area contributed by atoms with Gasteiger partial charge in [-0.25, -0.2) is 9.67 Å². The highest BCUT2D eigenvalue weighted by Crippen LogP contribution is 2.30. The number of aryl methyl sites for hydroxylation is 1. The van der Waals surface area contributed by atoms with Crippen LogP contribution in [0.25, 0.3) is 22.4 Å². The Balaban J connectivity index is 2.07. The fourth-order valence-electron chi connectivity index (χ4n) is 2.58. The lowest BCUT2D eigenvalue weighted by atomic mass is 10.1. The number of aliphatic hydroxyl groups is 1. The minimum absolute atomic E-state index is 0.426. The zero-order valence-corrected chi connectivity index (χ0v) is 13.0. The SMILES string of the molecule is CCC(O)Cn1ncnc1-c1[nH]c2ccc(OC)cc2c1C. The number of H-pyrrole nitrogens is 1. The summed E-state index contributed by atoms with van der Waals surface area (Å²) in [5.74, 6) is 1.56. The molecule has 0 bridgehead atoms. The first-order valence-corrected chi connectivity index (χ1v) is 7.36. The second-order valence-electron chi connectivity index (χ2n) is 5.36. The van der Waals surface area contributed by atoms with Crippen LogP contribution in [-0.2, 0) is 6.54 Å². The van der Waals surface area contributed by atoms with E-state index >= 15 is 0 Å². The number of hydrogen-bond acceptors (Lipinski definition) is 4. The molecule has 0 aliphatic rings. The van der Waals surface area contributed by atoms with E-state index < -0.39 is 6.10 Å². The number of nitrogens with zero attached hydrogens (tertiary/aromatic N) is 3. The molecule has 0 aliphatic heterocycles. The fourth-order valence-corrected chi connectivity index (χ4v) is 2.58. The number of aromatic amines is 1. The van der Waals surface area contributed by atoms with Crippen LogP contribution in [0, 0.1) is 6.92 Å². The average molecular weight is 300 g/mol. The molecule has 0 radical (unpaired) electrons. The second-order valence-corrected chi connectivity index (χ2v) is 5.36. The maximum Gasteiger partial charge on any atom is 0.174 e. The van der Waals surface area contributed by atoms with E-state index in [9.17, 15) is 5.11 Å². The first-order chi connectivity index (χ1) is 10.6. The van der Waals surface area contributed by atoms with Crippen molar-refractivity contribution < 1.29 is 9.84 Å². The van der Waals surface area contributed by atoms with Crippen LogP contribution in [0.4, 0.5) is 0 Å². The predicted octanol–water partition coefficient (Wildman–Crippen LogP) is 2.51. The average Bonchev–Trinajstić information content (AvgIpc) is 3.11. The van der Waals surface area contributed by atoms with Crippen molar-refractivity contribution in [3.05, 3.63) is 30.1 Å². The van der Waals surface area contributed by atoms with Gasteiger partial charge >= 0.3 is 0 Å². The summed E-state index contributed by atoms with van der Waals surface area (Å²) in [5.41, 5.74) is 3.04. The van der Waals surface area contributed by atoms with Crippen molar-refractivity contribution >= 4 is 10.9 Å². The second kappa shape index (κ2) is 5.81. The van der Waals surface area contributed by atoms with Crippen molar-refractivity contribution in [2.45, 2.75) is 32.9 Å². The molecule has 6 heteroatoms. The van der Waals surface area contributed by atoms with Crippen molar-refractivity contribution in [2.24, 2.45) is 0 Å². The van der Waals surface area contributed by atoms with E-state index in [1.165, 1.54) is 6.33 Å². The molecule has 116 valence electrons. The summed E-state index contributed by atoms with van der Waals surface area (Å²) in [7, 11) is 1.66. The molecule has 0 aliphatic carbocycles. The summed E-state index contributed by atoms with van der Waals surface area (Å²) in [6.45, 7) is 4.43. The zero-order valence-electron chi connectivity index (χ0n) is 13.0. The fraction of sp³-hybridized carbons (Fsp3) is 0.375. The third-order valence-electron chi connectivity index (χ3n) is 3.96. The molecule has 0 amide bonds. The van der Waals surface area contributed by atoms with E-state index in [1.807, 2.05) is 32.0 Å². The molecule has 6 nitrogen and oxygen atoms in total. The molecule has 3 rings (SSSR count). The topological polar surface area (TPSA) is 76.0 Å². The Morgan fingerprint density at radius 2 is 2.23 bits per heavy atom. The van der Waals surface area contributed by atoms with Gasteiger partial charge in [0.25, 0.3) is 0 Å². The molecule has 3 aromatic rings. The van der Waals surface area contributed by atoms with Gasteiger partial charge in [-0.1, -0.05) is 6.92 Å². The molecule has 2 heterocycles. The van der Waals surface area contributed by atoms with Crippen LogP contribution in [0.3, 0.4) is 0 Å². The number of aliphatic hydroxyl groups excluding tert-OH is 1. The van der Waals surface area contributed by atoms with E-state index in [0.717, 1.165) is 33.7 Å². The number of fused-ring (bicyclic) bond motifs is 1. The van der Waals surface area contributed by atoms with Crippen molar-refractivity contribution in [1.29, 1.82) is 0 Å². The van der Waals surface area contributed by atoms with Crippen LogP contribution >= 0.6 is 0 Å². The monoisotopic (exact) mass is 300 g/mol. The Morgan fingerprint density at radius 3 is 2.95 bits per heavy atom. The first-order valence-electron chi connectivity index (χ1n) is 7.36. The van der Waals surface area contributed by atoms with E-state index in [-0.39, 0.29) is 0 Å². The number of benzene rings is 1. The smallest absolute Gasteiger partial charge is 0.174 e. The third kappa shape index (κ3) is 2.46. The van der Waals surface area contributed by atoms with Gasteiger partial charge in [-0.2, -0.15) is 5.10 Å². The van der Waals surface area contributed by atoms with Gasteiger partial charge in [-0.15, -0.1) is 0 Å². The van der Waals surface area contributed by atoms with Gasteiger partial charge in [0.1, 0.15) is 12.1 Å². The van der Waals surface area contributed by atoms with Crippen LogP contribution in [-0.4, -0.2) is 38.1 Å². The summed E-state index contributed by atoms with van der Waals surface area (Å²) in [4.78, 5) is 7.74. The largest absolute Gasteiger partial charge is 0.497 e. The normalized spacial score (nSPS) is 12.7. The van der Waals surface area contributed by atoms with E-state index in [2.05, 4.69) is 15.1 Å². The first kappa shape index (κ1) is 14.6. The van der Waals surface area contributed by atoms with Crippen LogP contribution in [0.15, 0.2) is 24.5 Å². The molecule has 2 N–H and O–H groups in total. The summed E-state index contributed by atoms with van der Waals surface area (Å²) in [6, 6.07) is 5.92. The van der Waals surface area contributed by atoms with Gasteiger partial charge in [0, 0.05) is 10.9 Å². The third-order valence-corrected chi connectivity index (χ3v) is 3.96. The Bertz CT molecular complexity index is 791. The highest BCUT2D eigenvalue weighted by atomic mass is 16.5. The molecular weight excluding hydrogens is 280 g/mol. The Kier molecular flexibility index (Phi) is 3.85. The molecule has 0 fully saturated rings. The van der Waals surface area contributed by atoms with Crippen molar-refractivity contribution in [3.63, 3.8) is 0 Å². The molecule has 0 spiro atoms. The predicted molar refractivity (Wildman–Crippen MR) is 84.9 cm³/mol. The maximum atomic E-state index is 9.86. The Labute approximate surface area is 128 Å². The number of aromatic nitrogens is 4. The zero-order chi connectivity index (χ0) is 15.7. The molecule has 1 aromatic carbocycles. The van der Waals surface area contributed by atoms with Crippen molar-refractivity contribution in [3.8, 4) is 17.3 Å². The van der Waals surface area contributed by atoms with Gasteiger partial charge in [0.05, 0.1) is 25.5 Å². The molecule has 22 heavy (non-hydrogen) atoms. The highest BCUT2D eigenvalue weighted by molar-refractivity contribution is 5.90. The Hall–Kier alpha value is -2.34. The van der Waals surface area contributed by atoms with Gasteiger partial charge in [0.2, 0.25) is 0 Å². The number of ether oxygens (including phenoxy) is 1. The van der Waals surface area contributed by atoms with E-state index in [1.54, 1.807) is 11.8 Å². The molecule has 2 aromatic heterocycles. The molecule has 1 unspecified atom stereocenters. The summed E-state index contributed by atoms with van der Waals surface area (Å²) in [5, 5.41) is 15.2. The van der Waals surface area contributed by atoms with E-state index in [0.29, 0.717) is 13.0 Å². The van der Waals surface area contributed by atoms with Crippen LogP contribution in [0.1, 0.15) is 18.9 Å². The van der Waals surface area contributed by atoms with Crippen LogP contribution in [0.2, 0.25) is 0 Å². The Morgan fingerprint density at radius 1 is 1.41 bits per heavy atom. The van der Waals surface area contributed by atoms with Gasteiger partial charge in [-0.05, 0) is 37.1 Å². The van der Waals surface area contributed by atoms with Crippen LogP contribution in [0.5, 0.6) is 5.75 Å². The minimum Gasteiger partial charge on any atom is -0.497 e. The summed E-state index contributed by atoms with van der Waals surface area (Å²) < 4.78 is 7.03. The summed E-state index contributed by atoms with van der Waals surface area (Å²) in [6.07, 6.45) is 1.77. The lowest BCUT2D eigenvalue weighted by Gasteiger charge is -2.09. The molecule has 1 atom stereocenters. The quantitative estimate of drug-likeness (QED) is 0.759. The van der Waals surface area contributed by atoms with Gasteiger partial charge in [0.15, 0.2) is 5.82 Å². The van der Waals surface area contributed by atoms with Crippen molar-refractivity contribution in [1.82, 2.24) is 19.7 Å². The molecular formula is C16H20N4O2. The molecule has 0 saturated carbocycles. The van der Waals surface area contributed by atoms with Gasteiger partial charge < -0.3 is 14.8 Å². The van der Waals surface area contributed by atoms with Crippen LogP contribution < -0.4 is 4.74 Å². The standard InChI is InChI=1S/C16H20N4O2/c1-4-11(21)8-20-16(17-9-18-20)15-10(2)13-7-12(22-3)5-6-14(13)19-15/h5-7,9,11,19,21H,4,8H2,1-3H3. The maximum absolute atomic E-state index is 9.86. The minimum atomic E-state index is -0.426. The number of methoxy groups -OCH3 is 1. The summed E-state index contributed by atoms with van der Waals surface area (Å²) >= 11 is 0. The number of hydrogen-bond donors (Lipinski definition) is 2. The number of nitrogens with one attached hydrogen (secondary N) is 1. The lowest BCUT2D eigenvalue weighted by molar-refractivity contribution is 0.146. The van der Waals surface area contributed by atoms with E-state index in [4.69, 9.17) is 4.74 Å². The highest BCUT2D eigenvalue weighted by Gasteiger charge is 2.16. The number of rotatable bonds is 5. The molecule has 0 saturated heterocycles. The van der Waals surface area contributed by atoms with Gasteiger partial charge in [-0.3, -0.25) is 0 Å². The van der Waals surface area contributed by atoms with Crippen molar-refractivity contribution in [2.75, 3.05) is 7.11 Å².